The minimum absolute atomic E-state index is 0.382. The molecule has 1 heterocycles. The Morgan fingerprint density at radius 3 is 3.00 bits per heavy atom. The smallest absolute Gasteiger partial charge is 0.124 e. The number of rotatable bonds is 1. The number of alkyl halides is 1. The van der Waals surface area contributed by atoms with Gasteiger partial charge in [-0.3, -0.25) is 0 Å². The lowest BCUT2D eigenvalue weighted by Crippen LogP contribution is -1.93. The second-order valence-corrected chi connectivity index (χ2v) is 3.30. The van der Waals surface area contributed by atoms with Gasteiger partial charge in [-0.05, 0) is 18.2 Å². The van der Waals surface area contributed by atoms with Gasteiger partial charge in [0.25, 0.3) is 0 Å². The van der Waals surface area contributed by atoms with Crippen molar-refractivity contribution in [2.24, 2.45) is 7.05 Å². The second-order valence-electron chi connectivity index (χ2n) is 3.04. The van der Waals surface area contributed by atoms with Crippen molar-refractivity contribution < 1.29 is 0 Å². The molecular weight excluding hydrogens is 198 g/mol. The summed E-state index contributed by atoms with van der Waals surface area (Å²) >= 11 is 5.73. The predicted octanol–water partition coefficient (Wildman–Crippen LogP) is 2.18. The molecule has 14 heavy (non-hydrogen) atoms. The lowest BCUT2D eigenvalue weighted by atomic mass is 10.2. The molecule has 2 rings (SSSR count). The molecule has 0 radical (unpaired) electrons. The normalized spacial score (nSPS) is 10.4. The van der Waals surface area contributed by atoms with Gasteiger partial charge in [-0.2, -0.15) is 5.26 Å². The number of aromatic nitrogens is 2. The molecule has 1 aromatic carbocycles. The van der Waals surface area contributed by atoms with E-state index in [0.29, 0.717) is 11.4 Å². The van der Waals surface area contributed by atoms with Crippen molar-refractivity contribution in [3.8, 4) is 6.07 Å². The minimum atomic E-state index is 0.382. The molecule has 1 aromatic heterocycles. The monoisotopic (exact) mass is 205 g/mol. The van der Waals surface area contributed by atoms with Gasteiger partial charge in [-0.25, -0.2) is 4.98 Å². The van der Waals surface area contributed by atoms with Crippen molar-refractivity contribution in [1.82, 2.24) is 9.55 Å². The summed E-state index contributed by atoms with van der Waals surface area (Å²) in [6, 6.07) is 7.52. The third kappa shape index (κ3) is 1.24. The molecule has 0 unspecified atom stereocenters. The van der Waals surface area contributed by atoms with Crippen molar-refractivity contribution in [2.45, 2.75) is 5.88 Å². The molecule has 0 fully saturated rings. The average Bonchev–Trinajstić information content (AvgIpc) is 2.55. The number of hydrogen-bond acceptors (Lipinski definition) is 2. The van der Waals surface area contributed by atoms with Crippen LogP contribution in [0.15, 0.2) is 18.2 Å². The van der Waals surface area contributed by atoms with Crippen LogP contribution in [0.3, 0.4) is 0 Å². The lowest BCUT2D eigenvalue weighted by molar-refractivity contribution is 0.874. The summed E-state index contributed by atoms with van der Waals surface area (Å²) in [6.45, 7) is 0. The molecule has 0 bridgehead atoms. The van der Waals surface area contributed by atoms with Gasteiger partial charge in [0, 0.05) is 7.05 Å². The minimum Gasteiger partial charge on any atom is -0.330 e. The van der Waals surface area contributed by atoms with Crippen molar-refractivity contribution in [1.29, 1.82) is 5.26 Å². The van der Waals surface area contributed by atoms with Crippen molar-refractivity contribution >= 4 is 22.6 Å². The Morgan fingerprint density at radius 1 is 1.57 bits per heavy atom. The highest BCUT2D eigenvalue weighted by Gasteiger charge is 2.06. The van der Waals surface area contributed by atoms with E-state index in [4.69, 9.17) is 16.9 Å². The van der Waals surface area contributed by atoms with E-state index >= 15 is 0 Å². The van der Waals surface area contributed by atoms with E-state index in [1.54, 1.807) is 12.1 Å². The summed E-state index contributed by atoms with van der Waals surface area (Å²) < 4.78 is 1.93. The van der Waals surface area contributed by atoms with Gasteiger partial charge in [0.2, 0.25) is 0 Å². The molecule has 0 aliphatic rings. The molecular formula is C10H8ClN3. The van der Waals surface area contributed by atoms with Crippen LogP contribution in [0.4, 0.5) is 0 Å². The van der Waals surface area contributed by atoms with E-state index in [9.17, 15) is 0 Å². The molecule has 0 aliphatic heterocycles. The van der Waals surface area contributed by atoms with Crippen molar-refractivity contribution in [3.05, 3.63) is 29.6 Å². The quantitative estimate of drug-likeness (QED) is 0.670. The van der Waals surface area contributed by atoms with E-state index in [1.807, 2.05) is 17.7 Å². The van der Waals surface area contributed by atoms with E-state index in [1.165, 1.54) is 0 Å². The van der Waals surface area contributed by atoms with E-state index < -0.39 is 0 Å². The predicted molar refractivity (Wildman–Crippen MR) is 55.0 cm³/mol. The number of aryl methyl sites for hydroxylation is 1. The zero-order chi connectivity index (χ0) is 10.1. The summed E-state index contributed by atoms with van der Waals surface area (Å²) in [7, 11) is 1.92. The molecule has 0 atom stereocenters. The van der Waals surface area contributed by atoms with Gasteiger partial charge in [0.1, 0.15) is 5.82 Å². The first-order valence-electron chi connectivity index (χ1n) is 4.17. The first-order chi connectivity index (χ1) is 6.76. The zero-order valence-corrected chi connectivity index (χ0v) is 8.41. The van der Waals surface area contributed by atoms with Crippen LogP contribution in [0.25, 0.3) is 11.0 Å². The van der Waals surface area contributed by atoms with Crippen LogP contribution >= 0.6 is 11.6 Å². The van der Waals surface area contributed by atoms with E-state index in [0.717, 1.165) is 16.9 Å². The van der Waals surface area contributed by atoms with Crippen LogP contribution < -0.4 is 0 Å². The fraction of sp³-hybridized carbons (Fsp3) is 0.200. The van der Waals surface area contributed by atoms with Crippen LogP contribution in [0.1, 0.15) is 11.4 Å². The Hall–Kier alpha value is -1.53. The summed E-state index contributed by atoms with van der Waals surface area (Å²) in [4.78, 5) is 4.32. The van der Waals surface area contributed by atoms with Crippen LogP contribution in [0.5, 0.6) is 0 Å². The summed E-state index contributed by atoms with van der Waals surface area (Å²) in [5.74, 6) is 1.20. The number of imidazole rings is 1. The molecule has 70 valence electrons. The first kappa shape index (κ1) is 9.04. The van der Waals surface area contributed by atoms with Gasteiger partial charge in [0.05, 0.1) is 28.5 Å². The van der Waals surface area contributed by atoms with Crippen molar-refractivity contribution in [2.75, 3.05) is 0 Å². The maximum atomic E-state index is 8.72. The Kier molecular flexibility index (Phi) is 2.14. The first-order valence-corrected chi connectivity index (χ1v) is 4.71. The van der Waals surface area contributed by atoms with E-state index in [-0.39, 0.29) is 0 Å². The van der Waals surface area contributed by atoms with Gasteiger partial charge in [-0.15, -0.1) is 11.6 Å². The highest BCUT2D eigenvalue weighted by atomic mass is 35.5. The van der Waals surface area contributed by atoms with Crippen LogP contribution in [0, 0.1) is 11.3 Å². The summed E-state index contributed by atoms with van der Waals surface area (Å²) in [5.41, 5.74) is 2.44. The Morgan fingerprint density at radius 2 is 2.36 bits per heavy atom. The highest BCUT2D eigenvalue weighted by molar-refractivity contribution is 6.16. The maximum Gasteiger partial charge on any atom is 0.124 e. The Labute approximate surface area is 86.5 Å². The number of fused-ring (bicyclic) bond motifs is 1. The molecule has 0 amide bonds. The molecule has 3 nitrogen and oxygen atoms in total. The summed E-state index contributed by atoms with van der Waals surface area (Å²) in [6.07, 6.45) is 0. The number of nitriles is 1. The Bertz CT molecular complexity index is 522. The molecule has 0 N–H and O–H groups in total. The number of hydrogen-bond donors (Lipinski definition) is 0. The van der Waals surface area contributed by atoms with Crippen LogP contribution in [-0.4, -0.2) is 9.55 Å². The SMILES string of the molecule is Cn1c(CCl)nc2cc(C#N)ccc21. The average molecular weight is 206 g/mol. The zero-order valence-electron chi connectivity index (χ0n) is 7.66. The van der Waals surface area contributed by atoms with Crippen LogP contribution in [-0.2, 0) is 12.9 Å². The molecule has 0 spiro atoms. The van der Waals surface area contributed by atoms with Gasteiger partial charge in [-0.1, -0.05) is 0 Å². The fourth-order valence-corrected chi connectivity index (χ4v) is 1.68. The second kappa shape index (κ2) is 3.32. The Balaban J connectivity index is 2.74. The maximum absolute atomic E-state index is 8.72. The third-order valence-corrected chi connectivity index (χ3v) is 2.46. The molecule has 0 saturated heterocycles. The molecule has 0 aliphatic carbocycles. The third-order valence-electron chi connectivity index (χ3n) is 2.22. The molecule has 2 aromatic rings. The number of halogens is 1. The largest absolute Gasteiger partial charge is 0.330 e. The highest BCUT2D eigenvalue weighted by Crippen LogP contribution is 2.17. The fourth-order valence-electron chi connectivity index (χ4n) is 1.44. The standard InChI is InChI=1S/C10H8ClN3/c1-14-9-3-2-7(6-12)4-8(9)13-10(14)5-11/h2-4H,5H2,1H3. The number of nitrogens with zero attached hydrogens (tertiary/aromatic N) is 3. The summed E-state index contributed by atoms with van der Waals surface area (Å²) in [5, 5.41) is 8.72. The molecule has 0 saturated carbocycles. The van der Waals surface area contributed by atoms with Crippen LogP contribution in [0.2, 0.25) is 0 Å². The van der Waals surface area contributed by atoms with E-state index in [2.05, 4.69) is 11.1 Å². The molecule has 4 heteroatoms. The lowest BCUT2D eigenvalue weighted by Gasteiger charge is -1.96. The van der Waals surface area contributed by atoms with Crippen molar-refractivity contribution in [3.63, 3.8) is 0 Å². The van der Waals surface area contributed by atoms with Gasteiger partial charge >= 0.3 is 0 Å². The topological polar surface area (TPSA) is 41.6 Å². The number of benzene rings is 1. The van der Waals surface area contributed by atoms with Gasteiger partial charge < -0.3 is 4.57 Å². The van der Waals surface area contributed by atoms with Gasteiger partial charge in [0.15, 0.2) is 0 Å².